The molecule has 0 atom stereocenters. The summed E-state index contributed by atoms with van der Waals surface area (Å²) < 4.78 is 5.98. The van der Waals surface area contributed by atoms with Crippen molar-refractivity contribution >= 4 is 0 Å². The summed E-state index contributed by atoms with van der Waals surface area (Å²) in [5.41, 5.74) is 4.01. The van der Waals surface area contributed by atoms with Gasteiger partial charge in [-0.25, -0.2) is 0 Å². The van der Waals surface area contributed by atoms with Gasteiger partial charge in [-0.05, 0) is 37.7 Å². The molecule has 1 aromatic carbocycles. The van der Waals surface area contributed by atoms with E-state index in [9.17, 15) is 0 Å². The largest absolute Gasteiger partial charge is 0.493 e. The fourth-order valence-corrected chi connectivity index (χ4v) is 2.40. The van der Waals surface area contributed by atoms with Crippen molar-refractivity contribution < 1.29 is 4.74 Å². The maximum Gasteiger partial charge on any atom is 0.126 e. The predicted octanol–water partition coefficient (Wildman–Crippen LogP) is 5.43. The Kier molecular flexibility index (Phi) is 6.82. The van der Waals surface area contributed by atoms with Crippen LogP contribution in [-0.2, 0) is 11.8 Å². The van der Waals surface area contributed by atoms with Gasteiger partial charge in [-0.15, -0.1) is 11.8 Å². The summed E-state index contributed by atoms with van der Waals surface area (Å²) in [4.78, 5) is 0. The van der Waals surface area contributed by atoms with Gasteiger partial charge in [-0.3, -0.25) is 0 Å². The smallest absolute Gasteiger partial charge is 0.126 e. The average Bonchev–Trinajstić information content (AvgIpc) is 2.40. The first-order chi connectivity index (χ1) is 9.90. The minimum atomic E-state index is 0.0964. The molecule has 0 saturated heterocycles. The Morgan fingerprint density at radius 2 is 1.71 bits per heavy atom. The third-order valence-electron chi connectivity index (χ3n) is 3.43. The summed E-state index contributed by atoms with van der Waals surface area (Å²) in [6.07, 6.45) is 4.01. The van der Waals surface area contributed by atoms with Gasteiger partial charge in [0, 0.05) is 18.4 Å². The summed E-state index contributed by atoms with van der Waals surface area (Å²) in [5, 5.41) is 0. The second-order valence-electron chi connectivity index (χ2n) is 6.59. The van der Waals surface area contributed by atoms with Crippen molar-refractivity contribution in [2.24, 2.45) is 0 Å². The lowest BCUT2D eigenvalue weighted by atomic mass is 9.83. The van der Waals surface area contributed by atoms with E-state index in [1.54, 1.807) is 0 Å². The Balaban J connectivity index is 3.07. The van der Waals surface area contributed by atoms with Crippen LogP contribution in [0.15, 0.2) is 12.1 Å². The Labute approximate surface area is 131 Å². The van der Waals surface area contributed by atoms with Gasteiger partial charge in [0.25, 0.3) is 0 Å². The predicted molar refractivity (Wildman–Crippen MR) is 92.1 cm³/mol. The first-order valence-corrected chi connectivity index (χ1v) is 8.12. The zero-order valence-electron chi connectivity index (χ0n) is 14.6. The van der Waals surface area contributed by atoms with Crippen LogP contribution >= 0.6 is 0 Å². The van der Waals surface area contributed by atoms with E-state index in [1.807, 2.05) is 0 Å². The summed E-state index contributed by atoms with van der Waals surface area (Å²) >= 11 is 0. The third-order valence-corrected chi connectivity index (χ3v) is 3.43. The molecule has 0 heterocycles. The summed E-state index contributed by atoms with van der Waals surface area (Å²) in [7, 11) is 0. The highest BCUT2D eigenvalue weighted by molar-refractivity contribution is 5.48. The molecule has 0 aliphatic rings. The molecule has 21 heavy (non-hydrogen) atoms. The Morgan fingerprint density at radius 1 is 1.05 bits per heavy atom. The minimum Gasteiger partial charge on any atom is -0.493 e. The number of rotatable bonds is 5. The van der Waals surface area contributed by atoms with E-state index in [0.717, 1.165) is 31.4 Å². The molecule has 0 aliphatic carbocycles. The Morgan fingerprint density at radius 3 is 2.29 bits per heavy atom. The topological polar surface area (TPSA) is 9.23 Å². The molecule has 0 saturated carbocycles. The molecule has 1 nitrogen and oxygen atoms in total. The van der Waals surface area contributed by atoms with E-state index >= 15 is 0 Å². The summed E-state index contributed by atoms with van der Waals surface area (Å²) in [5.74, 6) is 7.58. The van der Waals surface area contributed by atoms with Crippen molar-refractivity contribution in [3.63, 3.8) is 0 Å². The molecule has 0 radical (unpaired) electrons. The van der Waals surface area contributed by atoms with Gasteiger partial charge in [0.05, 0.1) is 6.61 Å². The standard InChI is InChI=1S/C20H30O/c1-7-9-10-11-12-13-17-14-16(3)15-18(20(4,5)6)19(17)21-8-2/h14-15H,7-9,12-13H2,1-6H3. The van der Waals surface area contributed by atoms with Crippen LogP contribution in [0.4, 0.5) is 0 Å². The summed E-state index contributed by atoms with van der Waals surface area (Å²) in [6.45, 7) is 13.8. The molecule has 0 bridgehead atoms. The van der Waals surface area contributed by atoms with Crippen molar-refractivity contribution in [1.82, 2.24) is 0 Å². The van der Waals surface area contributed by atoms with Gasteiger partial charge in [0.2, 0.25) is 0 Å². The molecule has 0 spiro atoms. The molecule has 1 aromatic rings. The molecule has 0 fully saturated rings. The maximum absolute atomic E-state index is 5.98. The van der Waals surface area contributed by atoms with Crippen LogP contribution in [0.25, 0.3) is 0 Å². The van der Waals surface area contributed by atoms with Gasteiger partial charge in [-0.1, -0.05) is 45.4 Å². The van der Waals surface area contributed by atoms with Crippen molar-refractivity contribution in [3.8, 4) is 17.6 Å². The lowest BCUT2D eigenvalue weighted by Gasteiger charge is -2.25. The highest BCUT2D eigenvalue weighted by atomic mass is 16.5. The van der Waals surface area contributed by atoms with Crippen molar-refractivity contribution in [3.05, 3.63) is 28.8 Å². The molecular formula is C20H30O. The number of ether oxygens (including phenoxy) is 1. The first-order valence-electron chi connectivity index (χ1n) is 8.12. The van der Waals surface area contributed by atoms with Crippen molar-refractivity contribution in [2.45, 2.75) is 72.6 Å². The lowest BCUT2D eigenvalue weighted by molar-refractivity contribution is 0.326. The van der Waals surface area contributed by atoms with E-state index in [4.69, 9.17) is 4.74 Å². The van der Waals surface area contributed by atoms with Gasteiger partial charge >= 0.3 is 0 Å². The van der Waals surface area contributed by atoms with Gasteiger partial charge in [0.1, 0.15) is 5.75 Å². The molecule has 0 unspecified atom stereocenters. The summed E-state index contributed by atoms with van der Waals surface area (Å²) in [6, 6.07) is 4.51. The van der Waals surface area contributed by atoms with E-state index in [-0.39, 0.29) is 5.41 Å². The van der Waals surface area contributed by atoms with Gasteiger partial charge in [-0.2, -0.15) is 0 Å². The van der Waals surface area contributed by atoms with E-state index < -0.39 is 0 Å². The van der Waals surface area contributed by atoms with Crippen LogP contribution in [0.1, 0.15) is 70.6 Å². The van der Waals surface area contributed by atoms with Crippen LogP contribution in [0.5, 0.6) is 5.75 Å². The normalized spacial score (nSPS) is 11.0. The van der Waals surface area contributed by atoms with Crippen LogP contribution in [0.3, 0.4) is 0 Å². The molecule has 1 heteroatoms. The van der Waals surface area contributed by atoms with Crippen LogP contribution in [0, 0.1) is 18.8 Å². The van der Waals surface area contributed by atoms with Crippen LogP contribution < -0.4 is 4.74 Å². The number of unbranched alkanes of at least 4 members (excludes halogenated alkanes) is 1. The maximum atomic E-state index is 5.98. The zero-order valence-corrected chi connectivity index (χ0v) is 14.6. The van der Waals surface area contributed by atoms with E-state index in [0.29, 0.717) is 6.61 Å². The Bertz CT molecular complexity index is 509. The van der Waals surface area contributed by atoms with Crippen LogP contribution in [-0.4, -0.2) is 6.61 Å². The fourth-order valence-electron chi connectivity index (χ4n) is 2.40. The second kappa shape index (κ2) is 8.13. The lowest BCUT2D eigenvalue weighted by Crippen LogP contribution is -2.15. The monoisotopic (exact) mass is 286 g/mol. The van der Waals surface area contributed by atoms with Crippen molar-refractivity contribution in [2.75, 3.05) is 6.61 Å². The zero-order chi connectivity index (χ0) is 15.9. The number of hydrogen-bond acceptors (Lipinski definition) is 1. The highest BCUT2D eigenvalue weighted by Crippen LogP contribution is 2.36. The molecule has 0 aliphatic heterocycles. The van der Waals surface area contributed by atoms with E-state index in [2.05, 4.69) is 65.5 Å². The molecular weight excluding hydrogens is 256 g/mol. The van der Waals surface area contributed by atoms with E-state index in [1.165, 1.54) is 16.7 Å². The SMILES string of the molecule is CCCC#CCCc1cc(C)cc(C(C)(C)C)c1OCC. The minimum absolute atomic E-state index is 0.0964. The van der Waals surface area contributed by atoms with Gasteiger partial charge < -0.3 is 4.74 Å². The Hall–Kier alpha value is -1.42. The number of hydrogen-bond donors (Lipinski definition) is 0. The molecule has 0 N–H and O–H groups in total. The first kappa shape index (κ1) is 17.6. The number of aryl methyl sites for hydroxylation is 2. The second-order valence-corrected chi connectivity index (χ2v) is 6.59. The molecule has 1 rings (SSSR count). The third kappa shape index (κ3) is 5.46. The molecule has 0 aromatic heterocycles. The molecule has 0 amide bonds. The highest BCUT2D eigenvalue weighted by Gasteiger charge is 2.21. The molecule has 116 valence electrons. The fraction of sp³-hybridized carbons (Fsp3) is 0.600. The van der Waals surface area contributed by atoms with Crippen LogP contribution in [0.2, 0.25) is 0 Å². The average molecular weight is 286 g/mol. The quantitative estimate of drug-likeness (QED) is 0.656. The van der Waals surface area contributed by atoms with Gasteiger partial charge in [0.15, 0.2) is 0 Å². The number of benzene rings is 1. The van der Waals surface area contributed by atoms with Crippen molar-refractivity contribution in [1.29, 1.82) is 0 Å².